The molecule has 30 heavy (non-hydrogen) atoms. The van der Waals surface area contributed by atoms with E-state index < -0.39 is 11.9 Å². The molecule has 0 atom stereocenters. The van der Waals surface area contributed by atoms with Gasteiger partial charge in [0.25, 0.3) is 5.91 Å². The number of nitrogens with one attached hydrogen (secondary N) is 1. The normalized spacial score (nSPS) is 11.0. The number of amides is 1. The quantitative estimate of drug-likeness (QED) is 0.284. The Labute approximate surface area is 192 Å². The third kappa shape index (κ3) is 6.44. The lowest BCUT2D eigenvalue weighted by molar-refractivity contribution is -0.112. The fourth-order valence-corrected chi connectivity index (χ4v) is 3.82. The van der Waals surface area contributed by atoms with Crippen molar-refractivity contribution in [2.24, 2.45) is 5.92 Å². The number of ether oxygens (including phenoxy) is 2. The number of carbonyl (C=O) groups is 2. The van der Waals surface area contributed by atoms with E-state index in [1.165, 1.54) is 25.3 Å². The summed E-state index contributed by atoms with van der Waals surface area (Å²) >= 11 is 6.94. The number of methoxy groups -OCH3 is 1. The van der Waals surface area contributed by atoms with Crippen LogP contribution in [0.25, 0.3) is 6.08 Å². The molecule has 2 aromatic rings. The van der Waals surface area contributed by atoms with Crippen molar-refractivity contribution in [2.45, 2.75) is 13.8 Å². The van der Waals surface area contributed by atoms with Crippen molar-refractivity contribution in [3.8, 4) is 11.8 Å². The maximum atomic E-state index is 12.5. The second kappa shape index (κ2) is 11.0. The van der Waals surface area contributed by atoms with Crippen molar-refractivity contribution in [3.63, 3.8) is 0 Å². The molecule has 2 aromatic carbocycles. The van der Waals surface area contributed by atoms with Gasteiger partial charge in [-0.2, -0.15) is 5.26 Å². The molecule has 0 saturated heterocycles. The number of hydrogen-bond donors (Lipinski definition) is 1. The number of nitriles is 1. The van der Waals surface area contributed by atoms with E-state index >= 15 is 0 Å². The Kier molecular flexibility index (Phi) is 8.63. The molecule has 1 N–H and O–H groups in total. The molecule has 2 rings (SSSR count). The lowest BCUT2D eigenvalue weighted by Crippen LogP contribution is -2.13. The molecule has 1 amide bonds. The van der Waals surface area contributed by atoms with Crippen LogP contribution in [0.2, 0.25) is 0 Å². The monoisotopic (exact) mass is 534 g/mol. The minimum Gasteiger partial charge on any atom is -0.491 e. The minimum absolute atomic E-state index is 0.0679. The van der Waals surface area contributed by atoms with Crippen molar-refractivity contribution in [2.75, 3.05) is 19.0 Å². The van der Waals surface area contributed by atoms with Gasteiger partial charge in [-0.05, 0) is 85.8 Å². The molecule has 0 heterocycles. The first-order chi connectivity index (χ1) is 14.2. The van der Waals surface area contributed by atoms with Crippen LogP contribution in [0.1, 0.15) is 29.8 Å². The average molecular weight is 536 g/mol. The Morgan fingerprint density at radius 2 is 1.77 bits per heavy atom. The van der Waals surface area contributed by atoms with E-state index in [9.17, 15) is 14.9 Å². The topological polar surface area (TPSA) is 88.4 Å². The maximum Gasteiger partial charge on any atom is 0.337 e. The molecule has 156 valence electrons. The number of carbonyl (C=O) groups excluding carboxylic acids is 2. The summed E-state index contributed by atoms with van der Waals surface area (Å²) < 4.78 is 11.8. The van der Waals surface area contributed by atoms with Crippen LogP contribution in [-0.4, -0.2) is 25.6 Å². The maximum absolute atomic E-state index is 12.5. The molecule has 0 aliphatic heterocycles. The summed E-state index contributed by atoms with van der Waals surface area (Å²) in [7, 11) is 1.29. The van der Waals surface area contributed by atoms with Gasteiger partial charge in [0.05, 0.1) is 28.2 Å². The molecule has 0 aliphatic carbocycles. The van der Waals surface area contributed by atoms with Crippen LogP contribution in [0, 0.1) is 17.2 Å². The van der Waals surface area contributed by atoms with Gasteiger partial charge in [0.1, 0.15) is 17.4 Å². The third-order valence-corrected chi connectivity index (χ3v) is 5.00. The zero-order valence-corrected chi connectivity index (χ0v) is 19.8. The molecule has 0 spiro atoms. The standard InChI is InChI=1S/C22H20Br2N2O4/c1-13(2)12-30-20-18(23)9-14(10-19(20)24)8-16(11-25)21(27)26-17-6-4-15(5-7-17)22(28)29-3/h4-10,13H,12H2,1-3H3,(H,26,27)/b16-8+. The van der Waals surface area contributed by atoms with E-state index in [0.29, 0.717) is 44.0 Å². The highest BCUT2D eigenvalue weighted by Crippen LogP contribution is 2.35. The molecular weight excluding hydrogens is 516 g/mol. The fraction of sp³-hybridized carbons (Fsp3) is 0.227. The fourth-order valence-electron chi connectivity index (χ4n) is 2.37. The van der Waals surface area contributed by atoms with Crippen LogP contribution in [0.15, 0.2) is 50.9 Å². The Balaban J connectivity index is 2.19. The zero-order chi connectivity index (χ0) is 22.3. The largest absolute Gasteiger partial charge is 0.491 e. The number of nitrogens with zero attached hydrogens (tertiary/aromatic N) is 1. The molecule has 0 saturated carbocycles. The molecule has 0 aliphatic rings. The van der Waals surface area contributed by atoms with Gasteiger partial charge < -0.3 is 14.8 Å². The molecular formula is C22H20Br2N2O4. The summed E-state index contributed by atoms with van der Waals surface area (Å²) in [6.07, 6.45) is 1.49. The Morgan fingerprint density at radius 3 is 2.27 bits per heavy atom. The van der Waals surface area contributed by atoms with Crippen LogP contribution < -0.4 is 10.1 Å². The van der Waals surface area contributed by atoms with Gasteiger partial charge in [0.2, 0.25) is 0 Å². The van der Waals surface area contributed by atoms with E-state index in [1.54, 1.807) is 24.3 Å². The van der Waals surface area contributed by atoms with E-state index in [0.717, 1.165) is 0 Å². The summed E-state index contributed by atoms with van der Waals surface area (Å²) in [4.78, 5) is 24.0. The SMILES string of the molecule is COC(=O)c1ccc(NC(=O)/C(C#N)=C/c2cc(Br)c(OCC(C)C)c(Br)c2)cc1. The van der Waals surface area contributed by atoms with Gasteiger partial charge in [0.15, 0.2) is 0 Å². The summed E-state index contributed by atoms with van der Waals surface area (Å²) in [5.41, 5.74) is 1.40. The van der Waals surface area contributed by atoms with E-state index in [4.69, 9.17) is 4.74 Å². The Morgan fingerprint density at radius 1 is 1.17 bits per heavy atom. The summed E-state index contributed by atoms with van der Waals surface area (Å²) in [5.74, 6) is 0.00612. The third-order valence-electron chi connectivity index (χ3n) is 3.82. The van der Waals surface area contributed by atoms with Gasteiger partial charge in [-0.1, -0.05) is 13.8 Å². The molecule has 0 bridgehead atoms. The van der Waals surface area contributed by atoms with Crippen LogP contribution in [0.4, 0.5) is 5.69 Å². The smallest absolute Gasteiger partial charge is 0.337 e. The summed E-state index contributed by atoms with van der Waals surface area (Å²) in [5, 5.41) is 12.1. The highest BCUT2D eigenvalue weighted by atomic mass is 79.9. The number of hydrogen-bond acceptors (Lipinski definition) is 5. The van der Waals surface area contributed by atoms with E-state index in [-0.39, 0.29) is 5.57 Å². The number of anilines is 1. The second-order valence-corrected chi connectivity index (χ2v) is 8.42. The first kappa shape index (κ1) is 23.6. The van der Waals surface area contributed by atoms with Crippen molar-refractivity contribution >= 4 is 55.5 Å². The molecule has 0 unspecified atom stereocenters. The van der Waals surface area contributed by atoms with E-state index in [1.807, 2.05) is 6.07 Å². The lowest BCUT2D eigenvalue weighted by Gasteiger charge is -2.13. The lowest BCUT2D eigenvalue weighted by atomic mass is 10.1. The van der Waals surface area contributed by atoms with Crippen molar-refractivity contribution in [1.29, 1.82) is 5.26 Å². The zero-order valence-electron chi connectivity index (χ0n) is 16.7. The first-order valence-electron chi connectivity index (χ1n) is 8.98. The number of esters is 1. The molecule has 8 heteroatoms. The number of benzene rings is 2. The predicted octanol–water partition coefficient (Wildman–Crippen LogP) is 5.58. The van der Waals surface area contributed by atoms with Crippen LogP contribution in [0.3, 0.4) is 0 Å². The number of rotatable bonds is 7. The molecule has 0 aromatic heterocycles. The van der Waals surface area contributed by atoms with Crippen molar-refractivity contribution < 1.29 is 19.1 Å². The van der Waals surface area contributed by atoms with Gasteiger partial charge in [-0.25, -0.2) is 4.79 Å². The van der Waals surface area contributed by atoms with Crippen LogP contribution in [-0.2, 0) is 9.53 Å². The minimum atomic E-state index is -0.560. The van der Waals surface area contributed by atoms with Gasteiger partial charge in [0, 0.05) is 5.69 Å². The van der Waals surface area contributed by atoms with Crippen molar-refractivity contribution in [3.05, 3.63) is 62.0 Å². The van der Waals surface area contributed by atoms with Crippen molar-refractivity contribution in [1.82, 2.24) is 0 Å². The molecule has 6 nitrogen and oxygen atoms in total. The number of halogens is 2. The van der Waals surface area contributed by atoms with Gasteiger partial charge >= 0.3 is 5.97 Å². The van der Waals surface area contributed by atoms with Gasteiger partial charge in [-0.15, -0.1) is 0 Å². The van der Waals surface area contributed by atoms with Crippen LogP contribution >= 0.6 is 31.9 Å². The first-order valence-corrected chi connectivity index (χ1v) is 10.6. The molecule has 0 fully saturated rings. The average Bonchev–Trinajstić information content (AvgIpc) is 2.71. The van der Waals surface area contributed by atoms with Gasteiger partial charge in [-0.3, -0.25) is 4.79 Å². The molecule has 0 radical (unpaired) electrons. The predicted molar refractivity (Wildman–Crippen MR) is 122 cm³/mol. The summed E-state index contributed by atoms with van der Waals surface area (Å²) in [6, 6.07) is 11.6. The Bertz CT molecular complexity index is 986. The summed E-state index contributed by atoms with van der Waals surface area (Å²) in [6.45, 7) is 4.67. The highest BCUT2D eigenvalue weighted by molar-refractivity contribution is 9.11. The Hall–Kier alpha value is -2.63. The highest BCUT2D eigenvalue weighted by Gasteiger charge is 2.13. The second-order valence-electron chi connectivity index (χ2n) is 6.71. The van der Waals surface area contributed by atoms with E-state index in [2.05, 4.69) is 55.8 Å². The van der Waals surface area contributed by atoms with Crippen LogP contribution in [0.5, 0.6) is 5.75 Å².